The molecule has 2 aromatic carbocycles. The van der Waals surface area contributed by atoms with Gasteiger partial charge in [0.2, 0.25) is 0 Å². The van der Waals surface area contributed by atoms with Gasteiger partial charge in [0.1, 0.15) is 11.2 Å². The lowest BCUT2D eigenvalue weighted by Gasteiger charge is -2.35. The van der Waals surface area contributed by atoms with E-state index in [2.05, 4.69) is 26.0 Å². The molecule has 4 heteroatoms. The van der Waals surface area contributed by atoms with E-state index in [0.29, 0.717) is 5.75 Å². The molecule has 0 spiro atoms. The minimum Gasteiger partial charge on any atom is -0.426 e. The zero-order valence-corrected chi connectivity index (χ0v) is 17.1. The zero-order valence-electron chi connectivity index (χ0n) is 17.1. The van der Waals surface area contributed by atoms with Crippen LogP contribution in [0.5, 0.6) is 5.75 Å². The summed E-state index contributed by atoms with van der Waals surface area (Å²) < 4.78 is 17.3. The highest BCUT2D eigenvalue weighted by atomic mass is 16.7. The summed E-state index contributed by atoms with van der Waals surface area (Å²) in [6.07, 6.45) is 3.86. The Hall–Kier alpha value is -2.17. The zero-order chi connectivity index (χ0) is 20.0. The first-order valence-corrected chi connectivity index (χ1v) is 10.2. The summed E-state index contributed by atoms with van der Waals surface area (Å²) in [5, 5.41) is 0. The number of hydrogen-bond acceptors (Lipinski definition) is 4. The molecule has 2 aromatic rings. The molecule has 0 atom stereocenters. The molecule has 150 valence electrons. The van der Waals surface area contributed by atoms with E-state index in [1.54, 1.807) is 0 Å². The van der Waals surface area contributed by atoms with E-state index in [0.717, 1.165) is 31.2 Å². The number of aryl methyl sites for hydroxylation is 2. The van der Waals surface area contributed by atoms with Crippen molar-refractivity contribution >= 4 is 5.97 Å². The monoisotopic (exact) mass is 382 g/mol. The Balaban J connectivity index is 1.56. The van der Waals surface area contributed by atoms with Crippen LogP contribution in [0.2, 0.25) is 0 Å². The lowest BCUT2D eigenvalue weighted by Crippen LogP contribution is -2.44. The highest BCUT2D eigenvalue weighted by Crippen LogP contribution is 2.33. The first-order valence-electron chi connectivity index (χ1n) is 10.2. The maximum Gasteiger partial charge on any atom is 0.321 e. The van der Waals surface area contributed by atoms with Crippen molar-refractivity contribution in [3.63, 3.8) is 0 Å². The molecular formula is C24H30O4. The molecule has 0 saturated carbocycles. The number of benzene rings is 2. The molecule has 1 saturated heterocycles. The number of carbonyl (C=O) groups is 1. The van der Waals surface area contributed by atoms with Gasteiger partial charge in [-0.05, 0) is 43.0 Å². The van der Waals surface area contributed by atoms with Crippen molar-refractivity contribution in [2.75, 3.05) is 13.2 Å². The first-order chi connectivity index (χ1) is 13.5. The topological polar surface area (TPSA) is 44.8 Å². The predicted octanol–water partition coefficient (Wildman–Crippen LogP) is 5.25. The van der Waals surface area contributed by atoms with Crippen molar-refractivity contribution in [1.82, 2.24) is 0 Å². The van der Waals surface area contributed by atoms with Gasteiger partial charge in [-0.2, -0.15) is 0 Å². The Kier molecular flexibility index (Phi) is 6.87. The number of hydrogen-bond donors (Lipinski definition) is 0. The van der Waals surface area contributed by atoms with Gasteiger partial charge in [-0.15, -0.1) is 0 Å². The van der Waals surface area contributed by atoms with Crippen LogP contribution in [-0.4, -0.2) is 19.2 Å². The van der Waals surface area contributed by atoms with Gasteiger partial charge in [-0.3, -0.25) is 4.79 Å². The number of carbonyl (C=O) groups excluding carboxylic acids is 1. The summed E-state index contributed by atoms with van der Waals surface area (Å²) in [7, 11) is 0. The van der Waals surface area contributed by atoms with Gasteiger partial charge < -0.3 is 14.2 Å². The van der Waals surface area contributed by atoms with E-state index in [4.69, 9.17) is 14.2 Å². The summed E-state index contributed by atoms with van der Waals surface area (Å²) in [5.41, 5.74) is 2.70. The smallest absolute Gasteiger partial charge is 0.321 e. The standard InChI is InChI=1S/C24H30O4/c1-4-6-18-8-12-20(13-9-18)22-26-16-24(3,17-27-22)23(25)28-21-14-10-19(7-5-2)11-15-21/h8-15,22H,4-7,16-17H2,1-3H3/t22-,24+. The molecule has 0 unspecified atom stereocenters. The van der Waals surface area contributed by atoms with Crippen LogP contribution in [0.25, 0.3) is 0 Å². The summed E-state index contributed by atoms with van der Waals surface area (Å²) in [6, 6.07) is 16.0. The fourth-order valence-electron chi connectivity index (χ4n) is 3.29. The summed E-state index contributed by atoms with van der Waals surface area (Å²) in [6.45, 7) is 6.66. The molecule has 0 aromatic heterocycles. The van der Waals surface area contributed by atoms with Gasteiger partial charge in [-0.1, -0.05) is 63.1 Å². The Morgan fingerprint density at radius 2 is 1.43 bits per heavy atom. The highest BCUT2D eigenvalue weighted by Gasteiger charge is 2.41. The molecule has 0 bridgehead atoms. The van der Waals surface area contributed by atoms with Gasteiger partial charge >= 0.3 is 5.97 Å². The fourth-order valence-corrected chi connectivity index (χ4v) is 3.29. The van der Waals surface area contributed by atoms with Crippen LogP contribution >= 0.6 is 0 Å². The van der Waals surface area contributed by atoms with Gasteiger partial charge in [0.25, 0.3) is 0 Å². The molecule has 0 radical (unpaired) electrons. The van der Waals surface area contributed by atoms with E-state index < -0.39 is 11.7 Å². The van der Waals surface area contributed by atoms with Gasteiger partial charge in [0.05, 0.1) is 13.2 Å². The summed E-state index contributed by atoms with van der Waals surface area (Å²) in [5.74, 6) is 0.229. The Bertz CT molecular complexity index is 756. The Morgan fingerprint density at radius 3 is 1.93 bits per heavy atom. The van der Waals surface area contributed by atoms with Crippen molar-refractivity contribution in [2.45, 2.75) is 52.7 Å². The number of rotatable bonds is 7. The van der Waals surface area contributed by atoms with E-state index in [9.17, 15) is 4.79 Å². The van der Waals surface area contributed by atoms with Gasteiger partial charge in [0, 0.05) is 5.56 Å². The molecule has 4 nitrogen and oxygen atoms in total. The maximum atomic E-state index is 12.7. The van der Waals surface area contributed by atoms with Crippen LogP contribution in [0.3, 0.4) is 0 Å². The second-order valence-corrected chi connectivity index (χ2v) is 7.79. The second kappa shape index (κ2) is 9.35. The van der Waals surface area contributed by atoms with Crippen LogP contribution in [0.1, 0.15) is 56.6 Å². The quantitative estimate of drug-likeness (QED) is 0.485. The lowest BCUT2D eigenvalue weighted by atomic mass is 9.92. The first kappa shape index (κ1) is 20.6. The van der Waals surface area contributed by atoms with Crippen LogP contribution < -0.4 is 4.74 Å². The number of esters is 1. The van der Waals surface area contributed by atoms with Crippen molar-refractivity contribution in [3.05, 3.63) is 65.2 Å². The average Bonchev–Trinajstić information content (AvgIpc) is 2.71. The van der Waals surface area contributed by atoms with Crippen molar-refractivity contribution in [3.8, 4) is 5.75 Å². The highest BCUT2D eigenvalue weighted by molar-refractivity contribution is 5.79. The van der Waals surface area contributed by atoms with Crippen molar-refractivity contribution in [1.29, 1.82) is 0 Å². The third kappa shape index (κ3) is 5.00. The molecular weight excluding hydrogens is 352 g/mol. The van der Waals surface area contributed by atoms with E-state index >= 15 is 0 Å². The van der Waals surface area contributed by atoms with Crippen molar-refractivity contribution in [2.24, 2.45) is 5.41 Å². The van der Waals surface area contributed by atoms with Gasteiger partial charge in [-0.25, -0.2) is 0 Å². The molecule has 1 aliphatic heterocycles. The lowest BCUT2D eigenvalue weighted by molar-refractivity contribution is -0.233. The SMILES string of the molecule is CCCc1ccc(OC(=O)[C@]2(C)CO[C@H](c3ccc(CCC)cc3)OC2)cc1. The molecule has 1 fully saturated rings. The number of ether oxygens (including phenoxy) is 3. The molecule has 1 aliphatic rings. The van der Waals surface area contributed by atoms with Crippen LogP contribution in [0, 0.1) is 5.41 Å². The third-order valence-electron chi connectivity index (χ3n) is 5.06. The third-order valence-corrected chi connectivity index (χ3v) is 5.06. The molecule has 1 heterocycles. The summed E-state index contributed by atoms with van der Waals surface area (Å²) >= 11 is 0. The Labute approximate surface area is 167 Å². The molecule has 28 heavy (non-hydrogen) atoms. The maximum absolute atomic E-state index is 12.7. The minimum absolute atomic E-state index is 0.265. The van der Waals surface area contributed by atoms with Crippen LogP contribution in [0.4, 0.5) is 0 Å². The average molecular weight is 383 g/mol. The minimum atomic E-state index is -0.819. The Morgan fingerprint density at radius 1 is 0.929 bits per heavy atom. The predicted molar refractivity (Wildman–Crippen MR) is 109 cm³/mol. The largest absolute Gasteiger partial charge is 0.426 e. The van der Waals surface area contributed by atoms with E-state index in [1.807, 2.05) is 43.3 Å². The summed E-state index contributed by atoms with van der Waals surface area (Å²) in [4.78, 5) is 12.7. The van der Waals surface area contributed by atoms with Crippen LogP contribution in [0.15, 0.2) is 48.5 Å². The van der Waals surface area contributed by atoms with Gasteiger partial charge in [0.15, 0.2) is 6.29 Å². The van der Waals surface area contributed by atoms with Crippen LogP contribution in [-0.2, 0) is 27.1 Å². The second-order valence-electron chi connectivity index (χ2n) is 7.79. The van der Waals surface area contributed by atoms with E-state index in [1.165, 1.54) is 11.1 Å². The normalized spacial score (nSPS) is 22.0. The molecule has 0 amide bonds. The molecule has 3 rings (SSSR count). The fraction of sp³-hybridized carbons (Fsp3) is 0.458. The van der Waals surface area contributed by atoms with E-state index in [-0.39, 0.29) is 19.2 Å². The molecule has 0 N–H and O–H groups in total. The van der Waals surface area contributed by atoms with Crippen molar-refractivity contribution < 1.29 is 19.0 Å². The molecule has 0 aliphatic carbocycles.